The number of para-hydroxylation sites is 2. The molecule has 1 fully saturated rings. The van der Waals surface area contributed by atoms with Crippen LogP contribution in [0.15, 0.2) is 48.7 Å². The third-order valence-electron chi connectivity index (χ3n) is 5.12. The Morgan fingerprint density at radius 3 is 2.77 bits per heavy atom. The van der Waals surface area contributed by atoms with Gasteiger partial charge in [0.2, 0.25) is 0 Å². The Morgan fingerprint density at radius 1 is 1.08 bits per heavy atom. The lowest BCUT2D eigenvalue weighted by Crippen LogP contribution is -2.36. The zero-order chi connectivity index (χ0) is 17.9. The van der Waals surface area contributed by atoms with Gasteiger partial charge in [-0.1, -0.05) is 18.2 Å². The fourth-order valence-corrected chi connectivity index (χ4v) is 3.69. The van der Waals surface area contributed by atoms with E-state index in [9.17, 15) is 8.78 Å². The second-order valence-electron chi connectivity index (χ2n) is 6.95. The highest BCUT2D eigenvalue weighted by Crippen LogP contribution is 2.26. The first-order chi connectivity index (χ1) is 12.7. The molecule has 0 aliphatic carbocycles. The summed E-state index contributed by atoms with van der Waals surface area (Å²) in [7, 11) is 0. The summed E-state index contributed by atoms with van der Waals surface area (Å²) < 4.78 is 26.9. The second-order valence-corrected chi connectivity index (χ2v) is 6.95. The lowest BCUT2D eigenvalue weighted by molar-refractivity contribution is 0.388. The van der Waals surface area contributed by atoms with Gasteiger partial charge in [-0.15, -0.1) is 0 Å². The molecule has 0 radical (unpaired) electrons. The molecule has 2 aromatic carbocycles. The molecule has 26 heavy (non-hydrogen) atoms. The minimum Gasteiger partial charge on any atom is -0.355 e. The Hall–Kier alpha value is -2.56. The number of rotatable bonds is 4. The second kappa shape index (κ2) is 7.36. The highest BCUT2D eigenvalue weighted by molar-refractivity contribution is 5.75. The quantitative estimate of drug-likeness (QED) is 0.677. The fourth-order valence-electron chi connectivity index (χ4n) is 3.69. The number of benzene rings is 2. The molecule has 3 aromatic rings. The smallest absolute Gasteiger partial charge is 0.147 e. The highest BCUT2D eigenvalue weighted by atomic mass is 19.1. The van der Waals surface area contributed by atoms with Crippen molar-refractivity contribution in [3.8, 4) is 0 Å². The number of anilines is 1. The van der Waals surface area contributed by atoms with Crippen LogP contribution in [0.25, 0.3) is 11.0 Å². The van der Waals surface area contributed by atoms with Crippen molar-refractivity contribution in [1.29, 1.82) is 0 Å². The van der Waals surface area contributed by atoms with E-state index in [1.165, 1.54) is 6.07 Å². The minimum atomic E-state index is -0.523. The van der Waals surface area contributed by atoms with E-state index in [-0.39, 0.29) is 0 Å². The molecule has 0 amide bonds. The summed E-state index contributed by atoms with van der Waals surface area (Å²) in [6, 6.07) is 11.7. The zero-order valence-corrected chi connectivity index (χ0v) is 14.5. The topological polar surface area (TPSA) is 29.0 Å². The summed E-state index contributed by atoms with van der Waals surface area (Å²) >= 11 is 0. The molecule has 3 nitrogen and oxygen atoms in total. The highest BCUT2D eigenvalue weighted by Gasteiger charge is 2.21. The summed E-state index contributed by atoms with van der Waals surface area (Å²) in [5.41, 5.74) is 2.39. The first kappa shape index (κ1) is 16.9. The third kappa shape index (κ3) is 3.66. The molecular formula is C21H21F2N3. The molecule has 1 saturated heterocycles. The van der Waals surface area contributed by atoms with E-state index in [4.69, 9.17) is 4.98 Å². The van der Waals surface area contributed by atoms with Gasteiger partial charge in [-0.25, -0.2) is 13.8 Å². The SMILES string of the molecule is Fc1ccc(CCC2CCCN(c3cnc4ccccc4n3)C2)c(F)c1. The predicted molar refractivity (Wildman–Crippen MR) is 99.2 cm³/mol. The molecule has 1 unspecified atom stereocenters. The lowest BCUT2D eigenvalue weighted by atomic mass is 9.91. The van der Waals surface area contributed by atoms with E-state index in [2.05, 4.69) is 9.88 Å². The van der Waals surface area contributed by atoms with E-state index >= 15 is 0 Å². The van der Waals surface area contributed by atoms with Gasteiger partial charge in [-0.05, 0) is 55.4 Å². The van der Waals surface area contributed by atoms with Gasteiger partial charge in [0.25, 0.3) is 0 Å². The third-order valence-corrected chi connectivity index (χ3v) is 5.12. The Bertz CT molecular complexity index is 913. The fraction of sp³-hybridized carbons (Fsp3) is 0.333. The summed E-state index contributed by atoms with van der Waals surface area (Å²) in [4.78, 5) is 11.5. The first-order valence-corrected chi connectivity index (χ1v) is 9.10. The van der Waals surface area contributed by atoms with E-state index in [1.54, 1.807) is 6.07 Å². The molecule has 1 aliphatic rings. The van der Waals surface area contributed by atoms with Crippen LogP contribution in [0.1, 0.15) is 24.8 Å². The Balaban J connectivity index is 1.43. The summed E-state index contributed by atoms with van der Waals surface area (Å²) in [6.07, 6.45) is 5.57. The molecule has 2 heterocycles. The van der Waals surface area contributed by atoms with Crippen LogP contribution in [0.3, 0.4) is 0 Å². The largest absolute Gasteiger partial charge is 0.355 e. The summed E-state index contributed by atoms with van der Waals surface area (Å²) in [6.45, 7) is 1.87. The molecular weight excluding hydrogens is 332 g/mol. The Kier molecular flexibility index (Phi) is 4.78. The number of hydrogen-bond acceptors (Lipinski definition) is 3. The lowest BCUT2D eigenvalue weighted by Gasteiger charge is -2.33. The number of hydrogen-bond donors (Lipinski definition) is 0. The summed E-state index contributed by atoms with van der Waals surface area (Å²) in [5.74, 6) is 0.408. The van der Waals surface area contributed by atoms with Gasteiger partial charge in [-0.3, -0.25) is 4.98 Å². The number of piperidine rings is 1. The van der Waals surface area contributed by atoms with Gasteiger partial charge in [0.05, 0.1) is 17.2 Å². The van der Waals surface area contributed by atoms with Crippen molar-refractivity contribution in [1.82, 2.24) is 9.97 Å². The van der Waals surface area contributed by atoms with Crippen molar-refractivity contribution in [2.24, 2.45) is 5.92 Å². The van der Waals surface area contributed by atoms with Crippen molar-refractivity contribution in [3.05, 3.63) is 65.9 Å². The Labute approximate surface area is 151 Å². The van der Waals surface area contributed by atoms with Crippen LogP contribution < -0.4 is 4.90 Å². The molecule has 0 spiro atoms. The molecule has 0 N–H and O–H groups in total. The van der Waals surface area contributed by atoms with Crippen molar-refractivity contribution in [2.45, 2.75) is 25.7 Å². The van der Waals surface area contributed by atoms with E-state index in [0.717, 1.165) is 55.3 Å². The number of aryl methyl sites for hydroxylation is 1. The van der Waals surface area contributed by atoms with Crippen LogP contribution in [0.5, 0.6) is 0 Å². The van der Waals surface area contributed by atoms with Crippen LogP contribution in [-0.2, 0) is 6.42 Å². The van der Waals surface area contributed by atoms with Gasteiger partial charge in [-0.2, -0.15) is 0 Å². The van der Waals surface area contributed by atoms with Gasteiger partial charge < -0.3 is 4.90 Å². The average molecular weight is 353 g/mol. The molecule has 1 aliphatic heterocycles. The van der Waals surface area contributed by atoms with Crippen LogP contribution >= 0.6 is 0 Å². The molecule has 4 rings (SSSR count). The maximum atomic E-state index is 13.8. The first-order valence-electron chi connectivity index (χ1n) is 9.10. The number of nitrogens with zero attached hydrogens (tertiary/aromatic N) is 3. The van der Waals surface area contributed by atoms with Crippen molar-refractivity contribution < 1.29 is 8.78 Å². The molecule has 134 valence electrons. The molecule has 1 atom stereocenters. The maximum Gasteiger partial charge on any atom is 0.147 e. The molecule has 0 saturated carbocycles. The number of fused-ring (bicyclic) bond motifs is 1. The monoisotopic (exact) mass is 353 g/mol. The van der Waals surface area contributed by atoms with E-state index < -0.39 is 11.6 Å². The maximum absolute atomic E-state index is 13.8. The van der Waals surface area contributed by atoms with Crippen LogP contribution in [-0.4, -0.2) is 23.1 Å². The van der Waals surface area contributed by atoms with Gasteiger partial charge >= 0.3 is 0 Å². The van der Waals surface area contributed by atoms with Crippen LogP contribution in [0.4, 0.5) is 14.6 Å². The predicted octanol–water partition coefficient (Wildman–Crippen LogP) is 4.76. The van der Waals surface area contributed by atoms with Crippen LogP contribution in [0, 0.1) is 17.6 Å². The normalized spacial score (nSPS) is 17.6. The van der Waals surface area contributed by atoms with Gasteiger partial charge in [0, 0.05) is 19.2 Å². The van der Waals surface area contributed by atoms with Crippen molar-refractivity contribution in [3.63, 3.8) is 0 Å². The Morgan fingerprint density at radius 2 is 1.92 bits per heavy atom. The summed E-state index contributed by atoms with van der Waals surface area (Å²) in [5, 5.41) is 0. The number of aromatic nitrogens is 2. The zero-order valence-electron chi connectivity index (χ0n) is 14.5. The standard InChI is InChI=1S/C21H21F2N3/c22-17-10-9-16(18(23)12-17)8-7-15-4-3-11-26(14-15)21-13-24-19-5-1-2-6-20(19)25-21/h1-2,5-6,9-10,12-13,15H,3-4,7-8,11,14H2. The van der Waals surface area contributed by atoms with Crippen LogP contribution in [0.2, 0.25) is 0 Å². The molecule has 1 aromatic heterocycles. The number of halogens is 2. The minimum absolute atomic E-state index is 0.446. The molecule has 5 heteroatoms. The average Bonchev–Trinajstić information content (AvgIpc) is 2.67. The van der Waals surface area contributed by atoms with E-state index in [1.807, 2.05) is 30.5 Å². The van der Waals surface area contributed by atoms with Gasteiger partial charge in [0.15, 0.2) is 0 Å². The van der Waals surface area contributed by atoms with E-state index in [0.29, 0.717) is 17.9 Å². The van der Waals surface area contributed by atoms with Crippen molar-refractivity contribution in [2.75, 3.05) is 18.0 Å². The van der Waals surface area contributed by atoms with Crippen molar-refractivity contribution >= 4 is 16.9 Å². The molecule has 0 bridgehead atoms. The van der Waals surface area contributed by atoms with Gasteiger partial charge in [0.1, 0.15) is 17.5 Å².